The van der Waals surface area contributed by atoms with Crippen LogP contribution in [0.15, 0.2) is 0 Å². The number of carbonyl (C=O) groups excluding carboxylic acids is 4. The van der Waals surface area contributed by atoms with Crippen LogP contribution >= 0.6 is 0 Å². The molecule has 2 aliphatic rings. The van der Waals surface area contributed by atoms with Crippen LogP contribution in [0.5, 0.6) is 0 Å². The van der Waals surface area contributed by atoms with Crippen LogP contribution in [0.3, 0.4) is 0 Å². The van der Waals surface area contributed by atoms with Gasteiger partial charge >= 0.3 is 18.1 Å². The third-order valence-electron chi connectivity index (χ3n) is 4.54. The maximum atomic E-state index is 12.9. The quantitative estimate of drug-likeness (QED) is 0.251. The standard InChI is InChI=1S/C16H23NO10S/c1-6-24-14(21)27-15(3,4)26-13(20)12-16(5,8-25-9(2)18)28(22,23)11-7-10(19)17(11)12/h11-12H,6-8H2,1-5H3/t11-,12+,16+/m1/s1. The molecular weight excluding hydrogens is 398 g/mol. The molecule has 2 rings (SSSR count). The minimum atomic E-state index is -4.04. The molecule has 0 saturated carbocycles. The molecule has 0 aromatic heterocycles. The van der Waals surface area contributed by atoms with E-state index in [9.17, 15) is 27.6 Å². The van der Waals surface area contributed by atoms with Crippen LogP contribution < -0.4 is 0 Å². The van der Waals surface area contributed by atoms with Crippen molar-refractivity contribution in [3.05, 3.63) is 0 Å². The van der Waals surface area contributed by atoms with Crippen molar-refractivity contribution in [3.63, 3.8) is 0 Å². The highest BCUT2D eigenvalue weighted by molar-refractivity contribution is 7.94. The van der Waals surface area contributed by atoms with Crippen molar-refractivity contribution < 1.29 is 46.5 Å². The van der Waals surface area contributed by atoms with Gasteiger partial charge in [-0.3, -0.25) is 9.59 Å². The van der Waals surface area contributed by atoms with E-state index in [1.807, 2.05) is 0 Å². The van der Waals surface area contributed by atoms with E-state index in [1.165, 1.54) is 20.8 Å². The molecule has 2 fully saturated rings. The lowest BCUT2D eigenvalue weighted by Gasteiger charge is -2.37. The first-order chi connectivity index (χ1) is 12.8. The molecular formula is C16H23NO10S. The van der Waals surface area contributed by atoms with Crippen LogP contribution in [-0.4, -0.2) is 72.5 Å². The van der Waals surface area contributed by atoms with E-state index in [0.29, 0.717) is 0 Å². The fourth-order valence-electron chi connectivity index (χ4n) is 3.17. The fourth-order valence-corrected chi connectivity index (χ4v) is 5.43. The Bertz CT molecular complexity index is 804. The lowest BCUT2D eigenvalue weighted by atomic mass is 9.97. The van der Waals surface area contributed by atoms with Crippen LogP contribution in [0.1, 0.15) is 41.0 Å². The minimum absolute atomic E-state index is 0.0359. The normalized spacial score (nSPS) is 28.0. The second kappa shape index (κ2) is 7.22. The molecule has 2 aliphatic heterocycles. The summed E-state index contributed by atoms with van der Waals surface area (Å²) in [6.45, 7) is 5.77. The van der Waals surface area contributed by atoms with E-state index in [2.05, 4.69) is 4.74 Å². The molecule has 0 aliphatic carbocycles. The van der Waals surface area contributed by atoms with Gasteiger partial charge in [0.25, 0.3) is 5.79 Å². The number of hydrogen-bond donors (Lipinski definition) is 0. The number of sulfone groups is 1. The smallest absolute Gasteiger partial charge is 0.464 e. The average molecular weight is 421 g/mol. The van der Waals surface area contributed by atoms with Crippen molar-refractivity contribution in [2.45, 2.75) is 63.0 Å². The van der Waals surface area contributed by atoms with Crippen molar-refractivity contribution in [2.24, 2.45) is 0 Å². The summed E-state index contributed by atoms with van der Waals surface area (Å²) in [5.74, 6) is -4.19. The largest absolute Gasteiger partial charge is 0.511 e. The maximum Gasteiger partial charge on any atom is 0.511 e. The van der Waals surface area contributed by atoms with E-state index in [0.717, 1.165) is 11.8 Å². The van der Waals surface area contributed by atoms with Gasteiger partial charge in [0.1, 0.15) is 16.7 Å². The molecule has 12 heteroatoms. The molecule has 3 atom stereocenters. The van der Waals surface area contributed by atoms with Gasteiger partial charge in [-0.1, -0.05) is 0 Å². The van der Waals surface area contributed by atoms with E-state index in [1.54, 1.807) is 6.92 Å². The summed E-state index contributed by atoms with van der Waals surface area (Å²) < 4.78 is 43.4. The number of nitrogens with zero attached hydrogens (tertiary/aromatic N) is 1. The van der Waals surface area contributed by atoms with Gasteiger partial charge in [0, 0.05) is 20.8 Å². The topological polar surface area (TPSA) is 143 Å². The number of ether oxygens (including phenoxy) is 4. The van der Waals surface area contributed by atoms with Crippen LogP contribution in [0.25, 0.3) is 0 Å². The Kier molecular flexibility index (Phi) is 5.66. The van der Waals surface area contributed by atoms with E-state index >= 15 is 0 Å². The Morgan fingerprint density at radius 1 is 1.21 bits per heavy atom. The van der Waals surface area contributed by atoms with Gasteiger partial charge in [-0.15, -0.1) is 0 Å². The summed E-state index contributed by atoms with van der Waals surface area (Å²) in [5.41, 5.74) is 0. The Morgan fingerprint density at radius 2 is 1.82 bits per heavy atom. The molecule has 0 aromatic rings. The molecule has 0 N–H and O–H groups in total. The molecule has 2 saturated heterocycles. The SMILES string of the molecule is CCOC(=O)OC(C)(C)OC(=O)[C@@H]1N2C(=O)C[C@H]2S(=O)(=O)[C@@]1(C)COC(C)=O. The first-order valence-electron chi connectivity index (χ1n) is 8.53. The number of β-lactam (4-membered cyclic amide) rings is 1. The number of carbonyl (C=O) groups is 4. The minimum Gasteiger partial charge on any atom is -0.464 e. The van der Waals surface area contributed by atoms with E-state index in [-0.39, 0.29) is 13.0 Å². The second-order valence-corrected chi connectivity index (χ2v) is 9.67. The third kappa shape index (κ3) is 3.64. The lowest BCUT2D eigenvalue weighted by molar-refractivity contribution is -0.208. The average Bonchev–Trinajstić information content (AvgIpc) is 2.67. The van der Waals surface area contributed by atoms with Crippen LogP contribution in [0, 0.1) is 0 Å². The second-order valence-electron chi connectivity index (χ2n) is 7.11. The number of rotatable bonds is 6. The monoisotopic (exact) mass is 421 g/mol. The zero-order valence-corrected chi connectivity index (χ0v) is 17.0. The van der Waals surface area contributed by atoms with Crippen LogP contribution in [0.2, 0.25) is 0 Å². The maximum absolute atomic E-state index is 12.9. The first-order valence-corrected chi connectivity index (χ1v) is 10.1. The summed E-state index contributed by atoms with van der Waals surface area (Å²) in [7, 11) is -4.04. The van der Waals surface area contributed by atoms with Gasteiger partial charge in [-0.2, -0.15) is 0 Å². The molecule has 2 heterocycles. The summed E-state index contributed by atoms with van der Waals surface area (Å²) in [5, 5.41) is -1.20. The number of esters is 2. The molecule has 0 radical (unpaired) electrons. The van der Waals surface area contributed by atoms with Crippen molar-refractivity contribution >= 4 is 33.8 Å². The van der Waals surface area contributed by atoms with Crippen molar-refractivity contribution in [1.29, 1.82) is 0 Å². The molecule has 28 heavy (non-hydrogen) atoms. The molecule has 0 spiro atoms. The predicted octanol–water partition coefficient (Wildman–Crippen LogP) is 0.116. The Balaban J connectivity index is 2.31. The van der Waals surface area contributed by atoms with Gasteiger partial charge in [0.05, 0.1) is 13.0 Å². The van der Waals surface area contributed by atoms with Crippen molar-refractivity contribution in [2.75, 3.05) is 13.2 Å². The lowest BCUT2D eigenvalue weighted by Crippen LogP contribution is -2.59. The highest BCUT2D eigenvalue weighted by Crippen LogP contribution is 2.46. The van der Waals surface area contributed by atoms with Crippen LogP contribution in [-0.2, 0) is 43.2 Å². The van der Waals surface area contributed by atoms with Crippen LogP contribution in [0.4, 0.5) is 4.79 Å². The van der Waals surface area contributed by atoms with Gasteiger partial charge in [-0.25, -0.2) is 18.0 Å². The molecule has 0 aromatic carbocycles. The summed E-state index contributed by atoms with van der Waals surface area (Å²) >= 11 is 0. The van der Waals surface area contributed by atoms with Crippen molar-refractivity contribution in [1.82, 2.24) is 4.90 Å². The fraction of sp³-hybridized carbons (Fsp3) is 0.750. The first kappa shape index (κ1) is 21.9. The molecule has 11 nitrogen and oxygen atoms in total. The zero-order chi connectivity index (χ0) is 21.5. The highest BCUT2D eigenvalue weighted by atomic mass is 32.2. The summed E-state index contributed by atoms with van der Waals surface area (Å²) in [6, 6.07) is -1.56. The van der Waals surface area contributed by atoms with Gasteiger partial charge in [0.2, 0.25) is 5.91 Å². The molecule has 0 unspecified atom stereocenters. The third-order valence-corrected chi connectivity index (χ3v) is 7.29. The predicted molar refractivity (Wildman–Crippen MR) is 91.3 cm³/mol. The molecule has 158 valence electrons. The summed E-state index contributed by atoms with van der Waals surface area (Å²) in [4.78, 5) is 48.4. The zero-order valence-electron chi connectivity index (χ0n) is 16.2. The Morgan fingerprint density at radius 3 is 2.32 bits per heavy atom. The molecule has 1 amide bonds. The molecule has 0 bridgehead atoms. The van der Waals surface area contributed by atoms with Crippen molar-refractivity contribution in [3.8, 4) is 0 Å². The summed E-state index contributed by atoms with van der Waals surface area (Å²) in [6.07, 6.45) is -1.36. The Hall–Kier alpha value is -2.37. The van der Waals surface area contributed by atoms with E-state index < -0.39 is 62.4 Å². The van der Waals surface area contributed by atoms with Gasteiger partial charge < -0.3 is 23.8 Å². The van der Waals surface area contributed by atoms with Gasteiger partial charge in [-0.05, 0) is 13.8 Å². The highest BCUT2D eigenvalue weighted by Gasteiger charge is 2.71. The van der Waals surface area contributed by atoms with Gasteiger partial charge in [0.15, 0.2) is 15.9 Å². The number of hydrogen-bond acceptors (Lipinski definition) is 10. The number of fused-ring (bicyclic) bond motifs is 1. The number of amides is 1. The Labute approximate surface area is 162 Å². The van der Waals surface area contributed by atoms with E-state index in [4.69, 9.17) is 14.2 Å².